The Morgan fingerprint density at radius 1 is 1.00 bits per heavy atom. The fraction of sp³-hybridized carbons (Fsp3) is 0.111. The van der Waals surface area contributed by atoms with Gasteiger partial charge < -0.3 is 0 Å². The smallest absolute Gasteiger partial charge is 0.199 e. The van der Waals surface area contributed by atoms with Gasteiger partial charge in [0.25, 0.3) is 10.0 Å². The molecular weight excluding hydrogens is 432 g/mol. The quantitative estimate of drug-likeness (QED) is 0.462. The van der Waals surface area contributed by atoms with Crippen LogP contribution in [0, 0.1) is 13.8 Å². The van der Waals surface area contributed by atoms with Crippen molar-refractivity contribution in [2.45, 2.75) is 28.8 Å². The first-order valence-electron chi connectivity index (χ1n) is 8.47. The highest BCUT2D eigenvalue weighted by atomic mass is 35.5. The third-order valence-electron chi connectivity index (χ3n) is 4.16. The lowest BCUT2D eigenvalue weighted by molar-refractivity contribution is 0.577. The molecule has 0 saturated heterocycles. The van der Waals surface area contributed by atoms with Crippen molar-refractivity contribution < 1.29 is 8.42 Å². The molecule has 0 unspecified atom stereocenters. The number of hydrogen-bond donors (Lipinski definition) is 0. The molecule has 0 aliphatic carbocycles. The number of tetrazole rings is 1. The van der Waals surface area contributed by atoms with Crippen LogP contribution in [0.1, 0.15) is 11.4 Å². The van der Waals surface area contributed by atoms with Crippen molar-refractivity contribution in [1.82, 2.24) is 29.4 Å². The van der Waals surface area contributed by atoms with Crippen LogP contribution < -0.4 is 0 Å². The lowest BCUT2D eigenvalue weighted by Gasteiger charge is -2.07. The average molecular weight is 447 g/mol. The highest BCUT2D eigenvalue weighted by Gasteiger charge is 2.25. The zero-order valence-electron chi connectivity index (χ0n) is 15.4. The van der Waals surface area contributed by atoms with Crippen LogP contribution in [0.25, 0.3) is 5.69 Å². The molecule has 11 heteroatoms. The number of aryl methyl sites for hydroxylation is 1. The Morgan fingerprint density at radius 3 is 2.38 bits per heavy atom. The second kappa shape index (κ2) is 7.62. The third-order valence-corrected chi connectivity index (χ3v) is 7.32. The van der Waals surface area contributed by atoms with E-state index < -0.39 is 10.0 Å². The Hall–Kier alpha value is -2.69. The Labute approximate surface area is 176 Å². The first kappa shape index (κ1) is 19.6. The summed E-state index contributed by atoms with van der Waals surface area (Å²) in [5, 5.41) is 17.1. The molecule has 0 bridgehead atoms. The summed E-state index contributed by atoms with van der Waals surface area (Å²) in [5.74, 6) is 0. The van der Waals surface area contributed by atoms with Gasteiger partial charge >= 0.3 is 0 Å². The van der Waals surface area contributed by atoms with Crippen molar-refractivity contribution in [3.8, 4) is 5.69 Å². The van der Waals surface area contributed by atoms with E-state index in [1.165, 1.54) is 36.0 Å². The van der Waals surface area contributed by atoms with Gasteiger partial charge in [0.15, 0.2) is 0 Å². The Morgan fingerprint density at radius 2 is 1.69 bits per heavy atom. The van der Waals surface area contributed by atoms with Crippen molar-refractivity contribution in [2.75, 3.05) is 0 Å². The number of rotatable bonds is 5. The standard InChI is InChI=1S/C18H15ClN6O2S2/c1-12-17(28-18-20-22-23-24(18)15-6-4-3-5-7-15)13(2)25(21-12)29(26,27)16-10-8-14(19)9-11-16/h3-11H,1-2H3. The molecule has 0 aliphatic heterocycles. The second-order valence-corrected chi connectivity index (χ2v) is 9.29. The van der Waals surface area contributed by atoms with Gasteiger partial charge in [-0.05, 0) is 72.4 Å². The average Bonchev–Trinajstić information content (AvgIpc) is 3.29. The zero-order chi connectivity index (χ0) is 20.6. The fourth-order valence-electron chi connectivity index (χ4n) is 2.76. The van der Waals surface area contributed by atoms with Crippen molar-refractivity contribution in [2.24, 2.45) is 0 Å². The number of benzene rings is 2. The van der Waals surface area contributed by atoms with E-state index in [4.69, 9.17) is 11.6 Å². The van der Waals surface area contributed by atoms with Gasteiger partial charge in [0.1, 0.15) is 0 Å². The summed E-state index contributed by atoms with van der Waals surface area (Å²) in [6, 6.07) is 15.4. The molecule has 0 radical (unpaired) electrons. The molecule has 0 fully saturated rings. The lowest BCUT2D eigenvalue weighted by Crippen LogP contribution is -2.16. The van der Waals surface area contributed by atoms with E-state index >= 15 is 0 Å². The molecule has 0 atom stereocenters. The monoisotopic (exact) mass is 446 g/mol. The summed E-state index contributed by atoms with van der Waals surface area (Å²) in [7, 11) is -3.85. The first-order valence-corrected chi connectivity index (χ1v) is 11.1. The van der Waals surface area contributed by atoms with Crippen LogP contribution in [0.5, 0.6) is 0 Å². The number of aromatic nitrogens is 6. The van der Waals surface area contributed by atoms with E-state index in [9.17, 15) is 8.42 Å². The lowest BCUT2D eigenvalue weighted by atomic mass is 10.3. The summed E-state index contributed by atoms with van der Waals surface area (Å²) in [5.41, 5.74) is 1.84. The molecule has 2 aromatic heterocycles. The van der Waals surface area contributed by atoms with Crippen LogP contribution in [-0.2, 0) is 10.0 Å². The van der Waals surface area contributed by atoms with Crippen LogP contribution in [0.2, 0.25) is 5.02 Å². The van der Waals surface area contributed by atoms with Crippen molar-refractivity contribution >= 4 is 33.4 Å². The molecule has 2 heterocycles. The van der Waals surface area contributed by atoms with Crippen LogP contribution >= 0.6 is 23.4 Å². The fourth-order valence-corrected chi connectivity index (χ4v) is 5.21. The van der Waals surface area contributed by atoms with Crippen molar-refractivity contribution in [3.63, 3.8) is 0 Å². The van der Waals surface area contributed by atoms with Gasteiger partial charge in [-0.15, -0.1) is 5.10 Å². The van der Waals surface area contributed by atoms with E-state index in [-0.39, 0.29) is 4.90 Å². The van der Waals surface area contributed by atoms with Crippen LogP contribution in [0.15, 0.2) is 69.5 Å². The topological polar surface area (TPSA) is 95.6 Å². The molecule has 2 aromatic carbocycles. The molecule has 8 nitrogen and oxygen atoms in total. The summed E-state index contributed by atoms with van der Waals surface area (Å²) >= 11 is 7.13. The Balaban J connectivity index is 1.73. The van der Waals surface area contributed by atoms with Gasteiger partial charge in [-0.1, -0.05) is 29.8 Å². The molecule has 0 N–H and O–H groups in total. The maximum absolute atomic E-state index is 13.0. The van der Waals surface area contributed by atoms with E-state index in [0.717, 1.165) is 9.77 Å². The number of hydrogen-bond acceptors (Lipinski definition) is 7. The molecule has 0 spiro atoms. The highest BCUT2D eigenvalue weighted by Crippen LogP contribution is 2.33. The van der Waals surface area contributed by atoms with E-state index in [1.54, 1.807) is 18.5 Å². The normalized spacial score (nSPS) is 11.7. The maximum Gasteiger partial charge on any atom is 0.283 e. The van der Waals surface area contributed by atoms with Crippen LogP contribution in [-0.4, -0.2) is 37.8 Å². The van der Waals surface area contributed by atoms with E-state index in [0.29, 0.717) is 26.5 Å². The van der Waals surface area contributed by atoms with Gasteiger partial charge in [-0.2, -0.15) is 22.3 Å². The number of halogens is 1. The third kappa shape index (κ3) is 3.66. The van der Waals surface area contributed by atoms with Crippen molar-refractivity contribution in [1.29, 1.82) is 0 Å². The first-order chi connectivity index (χ1) is 13.9. The maximum atomic E-state index is 13.0. The molecule has 148 valence electrons. The summed E-state index contributed by atoms with van der Waals surface area (Å²) < 4.78 is 28.7. The highest BCUT2D eigenvalue weighted by molar-refractivity contribution is 7.99. The summed E-state index contributed by atoms with van der Waals surface area (Å²) in [6.45, 7) is 3.45. The molecular formula is C18H15ClN6O2S2. The van der Waals surface area contributed by atoms with Crippen molar-refractivity contribution in [3.05, 3.63) is 71.0 Å². The van der Waals surface area contributed by atoms with E-state index in [1.807, 2.05) is 30.3 Å². The minimum atomic E-state index is -3.85. The number of nitrogens with zero attached hydrogens (tertiary/aromatic N) is 6. The zero-order valence-corrected chi connectivity index (χ0v) is 17.8. The van der Waals surface area contributed by atoms with Gasteiger partial charge in [0, 0.05) is 5.02 Å². The minimum absolute atomic E-state index is 0.109. The van der Waals surface area contributed by atoms with Crippen LogP contribution in [0.3, 0.4) is 0 Å². The Kier molecular flexibility index (Phi) is 5.15. The summed E-state index contributed by atoms with van der Waals surface area (Å²) in [4.78, 5) is 0.785. The summed E-state index contributed by atoms with van der Waals surface area (Å²) in [6.07, 6.45) is 0. The molecule has 0 saturated carbocycles. The second-order valence-electron chi connectivity index (χ2n) is 6.11. The molecule has 4 rings (SSSR count). The predicted octanol–water partition coefficient (Wildman–Crippen LogP) is 3.52. The SMILES string of the molecule is Cc1nn(S(=O)(=O)c2ccc(Cl)cc2)c(C)c1Sc1nnnn1-c1ccccc1. The molecule has 0 amide bonds. The van der Waals surface area contributed by atoms with Gasteiger partial charge in [0.05, 0.1) is 26.9 Å². The van der Waals surface area contributed by atoms with Gasteiger partial charge in [0.2, 0.25) is 5.16 Å². The van der Waals surface area contributed by atoms with Gasteiger partial charge in [-0.25, -0.2) is 0 Å². The van der Waals surface area contributed by atoms with E-state index in [2.05, 4.69) is 20.6 Å². The molecule has 4 aromatic rings. The number of para-hydroxylation sites is 1. The Bertz CT molecular complexity index is 1270. The van der Waals surface area contributed by atoms with Gasteiger partial charge in [-0.3, -0.25) is 0 Å². The predicted molar refractivity (Wildman–Crippen MR) is 109 cm³/mol. The molecule has 29 heavy (non-hydrogen) atoms. The molecule has 0 aliphatic rings. The largest absolute Gasteiger partial charge is 0.283 e. The van der Waals surface area contributed by atoms with Crippen LogP contribution in [0.4, 0.5) is 0 Å². The minimum Gasteiger partial charge on any atom is -0.199 e.